The summed E-state index contributed by atoms with van der Waals surface area (Å²) in [6, 6.07) is 16.6. The number of aromatic nitrogens is 1. The summed E-state index contributed by atoms with van der Waals surface area (Å²) in [5, 5.41) is 1.09. The van der Waals surface area contributed by atoms with Crippen molar-refractivity contribution in [3.63, 3.8) is 0 Å². The molecule has 2 aromatic carbocycles. The lowest BCUT2D eigenvalue weighted by Crippen LogP contribution is -2.42. The Morgan fingerprint density at radius 2 is 1.68 bits per heavy atom. The lowest BCUT2D eigenvalue weighted by molar-refractivity contribution is -0.134. The first-order valence-corrected chi connectivity index (χ1v) is 13.5. The lowest BCUT2D eigenvalue weighted by Gasteiger charge is -2.32. The lowest BCUT2D eigenvalue weighted by atomic mass is 10.0. The van der Waals surface area contributed by atoms with Gasteiger partial charge in [0.15, 0.2) is 5.75 Å². The van der Waals surface area contributed by atoms with Gasteiger partial charge in [-0.3, -0.25) is 14.7 Å². The Morgan fingerprint density at radius 1 is 0.919 bits per heavy atom. The first-order chi connectivity index (χ1) is 17.7. The Bertz CT molecular complexity index is 1200. The van der Waals surface area contributed by atoms with Gasteiger partial charge in [-0.2, -0.15) is 0 Å². The van der Waals surface area contributed by atoms with Crippen molar-refractivity contribution in [1.82, 2.24) is 14.8 Å². The third-order valence-electron chi connectivity index (χ3n) is 7.73. The zero-order chi connectivity index (χ0) is 24.3. The normalized spacial score (nSPS) is 18.5. The van der Waals surface area contributed by atoms with Gasteiger partial charge in [-0.05, 0) is 68.6 Å². The highest BCUT2D eigenvalue weighted by atomic mass is 35.5. The number of hydrogen-bond acceptors (Lipinski definition) is 5. The minimum Gasteiger partial charge on any atom is -0.490 e. The fraction of sp³-hybridized carbons (Fsp3) is 0.467. The number of carbonyl (C=O) groups is 1. The standard InChI is InChI=1S/C30H35N3O3.ClH/c34-30(24-5-6-24)33-18-13-26(14-19-33)36-25-10-7-22(8-11-25)27-12-9-23-4-3-15-31-28(23)29(27)35-21-20-32-16-1-2-17-32;/h3-4,7-12,15,24,26H,1-2,5-6,13-14,16-21H2;1H. The van der Waals surface area contributed by atoms with Crippen molar-refractivity contribution in [3.8, 4) is 22.6 Å². The number of nitrogens with zero attached hydrogens (tertiary/aromatic N) is 3. The monoisotopic (exact) mass is 521 g/mol. The molecule has 1 saturated carbocycles. The van der Waals surface area contributed by atoms with Crippen LogP contribution >= 0.6 is 12.4 Å². The number of benzene rings is 2. The van der Waals surface area contributed by atoms with Crippen molar-refractivity contribution in [3.05, 3.63) is 54.7 Å². The van der Waals surface area contributed by atoms with Gasteiger partial charge in [-0.1, -0.05) is 24.3 Å². The molecular formula is C30H36ClN3O3. The minimum atomic E-state index is 0. The van der Waals surface area contributed by atoms with Crippen LogP contribution in [-0.4, -0.2) is 66.1 Å². The average molecular weight is 522 g/mol. The number of likely N-dealkylation sites (tertiary alicyclic amines) is 2. The Hall–Kier alpha value is -2.83. The van der Waals surface area contributed by atoms with E-state index in [1.165, 1.54) is 25.9 Å². The minimum absolute atomic E-state index is 0. The number of rotatable bonds is 8. The molecule has 3 aliphatic rings. The number of hydrogen-bond donors (Lipinski definition) is 0. The van der Waals surface area contributed by atoms with Gasteiger partial charge in [0.25, 0.3) is 0 Å². The van der Waals surface area contributed by atoms with Gasteiger partial charge in [-0.25, -0.2) is 0 Å². The number of fused-ring (bicyclic) bond motifs is 1. The van der Waals surface area contributed by atoms with Crippen LogP contribution in [0.15, 0.2) is 54.7 Å². The van der Waals surface area contributed by atoms with Gasteiger partial charge in [0, 0.05) is 55.5 Å². The maximum absolute atomic E-state index is 12.3. The quantitative estimate of drug-likeness (QED) is 0.387. The van der Waals surface area contributed by atoms with Crippen LogP contribution in [0.25, 0.3) is 22.0 Å². The molecule has 2 aliphatic heterocycles. The summed E-state index contributed by atoms with van der Waals surface area (Å²) < 4.78 is 12.7. The van der Waals surface area contributed by atoms with E-state index in [2.05, 4.69) is 40.2 Å². The highest BCUT2D eigenvalue weighted by Crippen LogP contribution is 2.37. The van der Waals surface area contributed by atoms with Crippen LogP contribution in [0, 0.1) is 5.92 Å². The fourth-order valence-corrected chi connectivity index (χ4v) is 5.46. The van der Waals surface area contributed by atoms with Crippen LogP contribution in [-0.2, 0) is 4.79 Å². The van der Waals surface area contributed by atoms with Crippen LogP contribution in [0.1, 0.15) is 38.5 Å². The molecule has 3 aromatic rings. The van der Waals surface area contributed by atoms with Gasteiger partial charge >= 0.3 is 0 Å². The maximum Gasteiger partial charge on any atom is 0.225 e. The molecule has 6 rings (SSSR count). The highest BCUT2D eigenvalue weighted by Gasteiger charge is 2.35. The second-order valence-electron chi connectivity index (χ2n) is 10.4. The number of halogens is 1. The van der Waals surface area contributed by atoms with Gasteiger partial charge in [-0.15, -0.1) is 12.4 Å². The van der Waals surface area contributed by atoms with Crippen LogP contribution in [0.5, 0.6) is 11.5 Å². The molecule has 0 N–H and O–H groups in total. The van der Waals surface area contributed by atoms with Gasteiger partial charge in [0.2, 0.25) is 5.91 Å². The van der Waals surface area contributed by atoms with Crippen LogP contribution in [0.2, 0.25) is 0 Å². The van der Waals surface area contributed by atoms with E-state index in [-0.39, 0.29) is 18.5 Å². The van der Waals surface area contributed by atoms with Gasteiger partial charge in [0.05, 0.1) is 0 Å². The first kappa shape index (κ1) is 25.8. The third-order valence-corrected chi connectivity index (χ3v) is 7.73. The summed E-state index contributed by atoms with van der Waals surface area (Å²) in [7, 11) is 0. The van der Waals surface area contributed by atoms with Crippen LogP contribution in [0.4, 0.5) is 0 Å². The summed E-state index contributed by atoms with van der Waals surface area (Å²) in [6.07, 6.45) is 8.49. The average Bonchev–Trinajstić information content (AvgIpc) is 3.65. The molecule has 0 atom stereocenters. The third kappa shape index (κ3) is 6.02. The summed E-state index contributed by atoms with van der Waals surface area (Å²) in [5.41, 5.74) is 3.06. The Morgan fingerprint density at radius 3 is 2.41 bits per heavy atom. The number of ether oxygens (including phenoxy) is 2. The largest absolute Gasteiger partial charge is 0.490 e. The number of carbonyl (C=O) groups excluding carboxylic acids is 1. The van der Waals surface area contributed by atoms with Crippen molar-refractivity contribution < 1.29 is 14.3 Å². The zero-order valence-electron chi connectivity index (χ0n) is 21.3. The summed E-state index contributed by atoms with van der Waals surface area (Å²) in [4.78, 5) is 21.5. The zero-order valence-corrected chi connectivity index (χ0v) is 22.1. The van der Waals surface area contributed by atoms with Crippen molar-refractivity contribution in [2.75, 3.05) is 39.3 Å². The van der Waals surface area contributed by atoms with E-state index in [1.807, 2.05) is 29.3 Å². The molecule has 7 heteroatoms. The molecule has 0 bridgehead atoms. The molecule has 1 aliphatic carbocycles. The van der Waals surface area contributed by atoms with E-state index in [0.717, 1.165) is 78.8 Å². The van der Waals surface area contributed by atoms with Crippen LogP contribution in [0.3, 0.4) is 0 Å². The summed E-state index contributed by atoms with van der Waals surface area (Å²) >= 11 is 0. The summed E-state index contributed by atoms with van der Waals surface area (Å²) in [5.74, 6) is 2.38. The Balaban J connectivity index is 0.00000280. The smallest absolute Gasteiger partial charge is 0.225 e. The van der Waals surface area contributed by atoms with E-state index in [9.17, 15) is 4.79 Å². The molecular weight excluding hydrogens is 486 g/mol. The van der Waals surface area contributed by atoms with Crippen LogP contribution < -0.4 is 9.47 Å². The van der Waals surface area contributed by atoms with E-state index in [4.69, 9.17) is 9.47 Å². The predicted octanol–water partition coefficient (Wildman–Crippen LogP) is 5.58. The SMILES string of the molecule is Cl.O=C(C1CC1)N1CCC(Oc2ccc(-c3ccc4cccnc4c3OCCN3CCCC3)cc2)CC1. The van der Waals surface area contributed by atoms with Crippen molar-refractivity contribution in [2.24, 2.45) is 5.92 Å². The highest BCUT2D eigenvalue weighted by molar-refractivity contribution is 5.92. The molecule has 0 spiro atoms. The Labute approximate surface area is 225 Å². The van der Waals surface area contributed by atoms with E-state index >= 15 is 0 Å². The number of amides is 1. The molecule has 2 saturated heterocycles. The summed E-state index contributed by atoms with van der Waals surface area (Å²) in [6.45, 7) is 5.55. The van der Waals surface area contributed by atoms with E-state index in [1.54, 1.807) is 0 Å². The molecule has 1 aromatic heterocycles. The molecule has 1 amide bonds. The fourth-order valence-electron chi connectivity index (χ4n) is 5.46. The predicted molar refractivity (Wildman–Crippen MR) is 149 cm³/mol. The number of piperidine rings is 1. The van der Waals surface area contributed by atoms with E-state index in [0.29, 0.717) is 18.4 Å². The van der Waals surface area contributed by atoms with Gasteiger partial charge in [0.1, 0.15) is 24.0 Å². The molecule has 0 radical (unpaired) electrons. The number of pyridine rings is 1. The molecule has 196 valence electrons. The second kappa shape index (κ2) is 11.7. The molecule has 37 heavy (non-hydrogen) atoms. The van der Waals surface area contributed by atoms with E-state index < -0.39 is 0 Å². The molecule has 0 unspecified atom stereocenters. The first-order valence-electron chi connectivity index (χ1n) is 13.5. The van der Waals surface area contributed by atoms with Crippen molar-refractivity contribution in [2.45, 2.75) is 44.6 Å². The molecule has 3 fully saturated rings. The second-order valence-corrected chi connectivity index (χ2v) is 10.4. The molecule has 3 heterocycles. The topological polar surface area (TPSA) is 54.9 Å². The van der Waals surface area contributed by atoms with Gasteiger partial charge < -0.3 is 14.4 Å². The molecule has 6 nitrogen and oxygen atoms in total. The van der Waals surface area contributed by atoms with Crippen molar-refractivity contribution >= 4 is 29.2 Å². The maximum atomic E-state index is 12.3. The van der Waals surface area contributed by atoms with Crippen molar-refractivity contribution in [1.29, 1.82) is 0 Å². The Kier molecular flexibility index (Phi) is 8.16.